The Bertz CT molecular complexity index is 1150. The van der Waals surface area contributed by atoms with Crippen molar-refractivity contribution in [2.24, 2.45) is 0 Å². The van der Waals surface area contributed by atoms with E-state index in [0.29, 0.717) is 16.4 Å². The van der Waals surface area contributed by atoms with Crippen LogP contribution in [0.4, 0.5) is 10.1 Å². The van der Waals surface area contributed by atoms with Gasteiger partial charge in [-0.05, 0) is 32.0 Å². The van der Waals surface area contributed by atoms with Crippen molar-refractivity contribution in [3.63, 3.8) is 0 Å². The number of carbonyl (C=O) groups excluding carboxylic acids is 2. The van der Waals surface area contributed by atoms with Gasteiger partial charge in [0.15, 0.2) is 0 Å². The Morgan fingerprint density at radius 3 is 2.50 bits per heavy atom. The zero-order valence-corrected chi connectivity index (χ0v) is 18.7. The second kappa shape index (κ2) is 10.2. The van der Waals surface area contributed by atoms with Crippen LogP contribution in [0.1, 0.15) is 24.0 Å². The fourth-order valence-corrected chi connectivity index (χ4v) is 4.29. The lowest BCUT2D eigenvalue weighted by atomic mass is 9.82. The number of hydrogen-bond donors (Lipinski definition) is 2. The first-order valence-corrected chi connectivity index (χ1v) is 10.8. The second-order valence-electron chi connectivity index (χ2n) is 7.17. The highest BCUT2D eigenvalue weighted by Crippen LogP contribution is 2.41. The molecule has 8 heteroatoms. The van der Waals surface area contributed by atoms with Gasteiger partial charge in [-0.25, -0.2) is 9.18 Å². The molecule has 0 aromatic heterocycles. The van der Waals surface area contributed by atoms with Gasteiger partial charge in [0.05, 0.1) is 41.0 Å². The number of thioether (sulfide) groups is 1. The van der Waals surface area contributed by atoms with Gasteiger partial charge in [0.25, 0.3) is 0 Å². The molecule has 164 valence electrons. The largest absolute Gasteiger partial charge is 0.466 e. The van der Waals surface area contributed by atoms with Crippen LogP contribution in [0.3, 0.4) is 0 Å². The smallest absolute Gasteiger partial charge is 0.336 e. The number of dihydropyridines is 1. The molecular weight excluding hydrogens is 429 g/mol. The Morgan fingerprint density at radius 2 is 1.88 bits per heavy atom. The molecular formula is C24H22FN3O3S. The van der Waals surface area contributed by atoms with Crippen LogP contribution in [-0.2, 0) is 14.3 Å². The van der Waals surface area contributed by atoms with Crippen molar-refractivity contribution >= 4 is 29.3 Å². The van der Waals surface area contributed by atoms with Gasteiger partial charge in [-0.15, -0.1) is 0 Å². The standard InChI is InChI=1S/C24H22FN3O3S/c1-14-8-10-16(11-9-14)28-20(29)13-32-23-18(12-26)22(17-6-4-5-7-19(17)25)21(15(2)27-23)24(30)31-3/h4-11,22,27H,13H2,1-3H3,(H,28,29)/t22-/m1/s1. The number of hydrogen-bond acceptors (Lipinski definition) is 6. The van der Waals surface area contributed by atoms with E-state index in [-0.39, 0.29) is 28.4 Å². The summed E-state index contributed by atoms with van der Waals surface area (Å²) in [6, 6.07) is 15.5. The first-order valence-electron chi connectivity index (χ1n) is 9.79. The summed E-state index contributed by atoms with van der Waals surface area (Å²) in [7, 11) is 1.23. The van der Waals surface area contributed by atoms with E-state index in [1.54, 1.807) is 25.1 Å². The molecule has 0 aliphatic carbocycles. The first kappa shape index (κ1) is 23.1. The van der Waals surface area contributed by atoms with Crippen LogP contribution in [-0.4, -0.2) is 24.7 Å². The number of esters is 1. The number of nitrogens with zero attached hydrogens (tertiary/aromatic N) is 1. The number of ether oxygens (including phenoxy) is 1. The Kier molecular flexibility index (Phi) is 7.33. The third-order valence-electron chi connectivity index (χ3n) is 4.95. The highest BCUT2D eigenvalue weighted by Gasteiger charge is 2.36. The maximum Gasteiger partial charge on any atom is 0.336 e. The molecule has 1 heterocycles. The van der Waals surface area contributed by atoms with Crippen molar-refractivity contribution in [1.82, 2.24) is 5.32 Å². The SMILES string of the molecule is COC(=O)C1=C(C)NC(SCC(=O)Nc2ccc(C)cc2)=C(C#N)[C@H]1c1ccccc1F. The van der Waals surface area contributed by atoms with Gasteiger partial charge in [0, 0.05) is 16.9 Å². The van der Waals surface area contributed by atoms with Crippen molar-refractivity contribution in [3.8, 4) is 6.07 Å². The number of benzene rings is 2. The van der Waals surface area contributed by atoms with Gasteiger partial charge in [-0.2, -0.15) is 5.26 Å². The zero-order chi connectivity index (χ0) is 23.3. The quantitative estimate of drug-likeness (QED) is 0.634. The molecule has 1 amide bonds. The monoisotopic (exact) mass is 451 g/mol. The number of halogens is 1. The number of aryl methyl sites for hydroxylation is 1. The van der Waals surface area contributed by atoms with Gasteiger partial charge in [-0.1, -0.05) is 47.7 Å². The Balaban J connectivity index is 1.90. The van der Waals surface area contributed by atoms with Crippen LogP contribution in [0.5, 0.6) is 0 Å². The molecule has 2 N–H and O–H groups in total. The van der Waals surface area contributed by atoms with Crippen molar-refractivity contribution in [1.29, 1.82) is 5.26 Å². The normalized spacial score (nSPS) is 15.7. The molecule has 2 aromatic rings. The van der Waals surface area contributed by atoms with Crippen LogP contribution in [0.25, 0.3) is 0 Å². The molecule has 0 bridgehead atoms. The summed E-state index contributed by atoms with van der Waals surface area (Å²) < 4.78 is 19.6. The van der Waals surface area contributed by atoms with Gasteiger partial charge in [0.1, 0.15) is 5.82 Å². The molecule has 6 nitrogen and oxygen atoms in total. The molecule has 0 saturated carbocycles. The molecule has 32 heavy (non-hydrogen) atoms. The minimum Gasteiger partial charge on any atom is -0.466 e. The van der Waals surface area contributed by atoms with Crippen LogP contribution < -0.4 is 10.6 Å². The van der Waals surface area contributed by atoms with Crippen molar-refractivity contribution < 1.29 is 18.7 Å². The lowest BCUT2D eigenvalue weighted by Gasteiger charge is -2.29. The Morgan fingerprint density at radius 1 is 1.19 bits per heavy atom. The third kappa shape index (κ3) is 5.01. The van der Waals surface area contributed by atoms with Crippen molar-refractivity contribution in [2.45, 2.75) is 19.8 Å². The number of methoxy groups -OCH3 is 1. The first-order chi connectivity index (χ1) is 15.3. The molecule has 1 aliphatic heterocycles. The van der Waals surface area contributed by atoms with E-state index in [2.05, 4.69) is 16.7 Å². The summed E-state index contributed by atoms with van der Waals surface area (Å²) in [4.78, 5) is 24.9. The maximum atomic E-state index is 14.7. The number of allylic oxidation sites excluding steroid dienone is 2. The van der Waals surface area contributed by atoms with Crippen LogP contribution in [0.2, 0.25) is 0 Å². The third-order valence-corrected chi connectivity index (χ3v) is 5.97. The zero-order valence-electron chi connectivity index (χ0n) is 17.9. The highest BCUT2D eigenvalue weighted by molar-refractivity contribution is 8.03. The molecule has 0 fully saturated rings. The summed E-state index contributed by atoms with van der Waals surface area (Å²) >= 11 is 1.12. The molecule has 2 aromatic carbocycles. The minimum atomic E-state index is -0.947. The van der Waals surface area contributed by atoms with E-state index in [1.807, 2.05) is 19.1 Å². The van der Waals surface area contributed by atoms with E-state index >= 15 is 0 Å². The van der Waals surface area contributed by atoms with E-state index in [1.165, 1.54) is 25.3 Å². The summed E-state index contributed by atoms with van der Waals surface area (Å²) in [6.45, 7) is 3.61. The van der Waals surface area contributed by atoms with E-state index in [0.717, 1.165) is 17.3 Å². The predicted molar refractivity (Wildman–Crippen MR) is 122 cm³/mol. The Hall–Kier alpha value is -3.57. The molecule has 0 spiro atoms. The average Bonchev–Trinajstić information content (AvgIpc) is 2.78. The number of carbonyl (C=O) groups is 2. The molecule has 0 unspecified atom stereocenters. The van der Waals surface area contributed by atoms with Crippen LogP contribution in [0, 0.1) is 24.1 Å². The second-order valence-corrected chi connectivity index (χ2v) is 8.15. The lowest BCUT2D eigenvalue weighted by Crippen LogP contribution is -2.29. The fourth-order valence-electron chi connectivity index (χ4n) is 3.40. The Labute approximate surface area is 190 Å². The summed E-state index contributed by atoms with van der Waals surface area (Å²) in [5, 5.41) is 16.1. The topological polar surface area (TPSA) is 91.2 Å². The minimum absolute atomic E-state index is 0.0201. The molecule has 0 radical (unpaired) electrons. The van der Waals surface area contributed by atoms with Crippen LogP contribution in [0.15, 0.2) is 70.4 Å². The predicted octanol–water partition coefficient (Wildman–Crippen LogP) is 4.38. The van der Waals surface area contributed by atoms with Crippen molar-refractivity contribution in [3.05, 3.63) is 87.3 Å². The summed E-state index contributed by atoms with van der Waals surface area (Å²) in [6.07, 6.45) is 0. The number of amides is 1. The van der Waals surface area contributed by atoms with Crippen LogP contribution >= 0.6 is 11.8 Å². The summed E-state index contributed by atoms with van der Waals surface area (Å²) in [5.41, 5.74) is 2.67. The van der Waals surface area contributed by atoms with Crippen molar-refractivity contribution in [2.75, 3.05) is 18.2 Å². The van der Waals surface area contributed by atoms with E-state index in [4.69, 9.17) is 4.74 Å². The summed E-state index contributed by atoms with van der Waals surface area (Å²) in [5.74, 6) is -2.38. The molecule has 1 aliphatic rings. The van der Waals surface area contributed by atoms with E-state index in [9.17, 15) is 19.2 Å². The van der Waals surface area contributed by atoms with Gasteiger partial charge >= 0.3 is 5.97 Å². The fraction of sp³-hybridized carbons (Fsp3) is 0.208. The molecule has 1 atom stereocenters. The number of rotatable bonds is 6. The van der Waals surface area contributed by atoms with E-state index < -0.39 is 17.7 Å². The highest BCUT2D eigenvalue weighted by atomic mass is 32.2. The lowest BCUT2D eigenvalue weighted by molar-refractivity contribution is -0.136. The molecule has 3 rings (SSSR count). The maximum absolute atomic E-state index is 14.7. The van der Waals surface area contributed by atoms with Gasteiger partial charge in [0.2, 0.25) is 5.91 Å². The average molecular weight is 452 g/mol. The van der Waals surface area contributed by atoms with Gasteiger partial charge in [-0.3, -0.25) is 4.79 Å². The number of nitriles is 1. The number of nitrogens with one attached hydrogen (secondary N) is 2. The number of anilines is 1. The molecule has 0 saturated heterocycles. The van der Waals surface area contributed by atoms with Gasteiger partial charge < -0.3 is 15.4 Å².